The molecule has 0 unspecified atom stereocenters. The van der Waals surface area contributed by atoms with E-state index in [9.17, 15) is 10.1 Å². The normalized spacial score (nSPS) is 25.1. The second kappa shape index (κ2) is 5.10. The summed E-state index contributed by atoms with van der Waals surface area (Å²) in [5.74, 6) is 0.624. The maximum atomic E-state index is 11.0. The number of benzene rings is 1. The molecule has 2 aliphatic rings. The van der Waals surface area contributed by atoms with Crippen molar-refractivity contribution < 1.29 is 4.92 Å². The van der Waals surface area contributed by atoms with Crippen LogP contribution in [0.4, 0.5) is 11.4 Å². The lowest BCUT2D eigenvalue weighted by Gasteiger charge is -2.24. The maximum Gasteiger partial charge on any atom is 0.289 e. The summed E-state index contributed by atoms with van der Waals surface area (Å²) in [6, 6.07) is 7.23. The smallest absolute Gasteiger partial charge is 0.289 e. The van der Waals surface area contributed by atoms with Gasteiger partial charge in [0.1, 0.15) is 11.6 Å². The van der Waals surface area contributed by atoms with Crippen LogP contribution in [0.3, 0.4) is 0 Å². The molecule has 6 heteroatoms. The van der Waals surface area contributed by atoms with E-state index in [0.29, 0.717) is 12.0 Å². The maximum absolute atomic E-state index is 11.0. The van der Waals surface area contributed by atoms with Crippen molar-refractivity contribution in [1.29, 1.82) is 5.26 Å². The number of fused-ring (bicyclic) bond motifs is 1. The molecule has 0 bridgehead atoms. The monoisotopic (exact) mass is 272 g/mol. The molecule has 2 aliphatic heterocycles. The SMILES string of the molecule is N#Cc1ccc(N2C[C@@H]3CCCN[C@@H]3C2)cc1[N+](=O)[O-]. The second-order valence-electron chi connectivity index (χ2n) is 5.44. The van der Waals surface area contributed by atoms with Gasteiger partial charge in [0.25, 0.3) is 5.69 Å². The molecule has 104 valence electrons. The first-order valence-corrected chi connectivity index (χ1v) is 6.86. The zero-order chi connectivity index (χ0) is 14.1. The van der Waals surface area contributed by atoms with Crippen molar-refractivity contribution in [1.82, 2.24) is 5.32 Å². The van der Waals surface area contributed by atoms with Crippen LogP contribution in [0.25, 0.3) is 0 Å². The van der Waals surface area contributed by atoms with E-state index in [4.69, 9.17) is 5.26 Å². The quantitative estimate of drug-likeness (QED) is 0.654. The van der Waals surface area contributed by atoms with Crippen molar-refractivity contribution >= 4 is 11.4 Å². The first-order chi connectivity index (χ1) is 9.69. The minimum Gasteiger partial charge on any atom is -0.369 e. The van der Waals surface area contributed by atoms with Gasteiger partial charge in [0.2, 0.25) is 0 Å². The van der Waals surface area contributed by atoms with Crippen LogP contribution >= 0.6 is 0 Å². The molecule has 0 aromatic heterocycles. The Bertz CT molecular complexity index is 567. The van der Waals surface area contributed by atoms with Gasteiger partial charge in [0.15, 0.2) is 0 Å². The highest BCUT2D eigenvalue weighted by atomic mass is 16.6. The number of hydrogen-bond donors (Lipinski definition) is 1. The van der Waals surface area contributed by atoms with Gasteiger partial charge in [-0.2, -0.15) is 5.26 Å². The summed E-state index contributed by atoms with van der Waals surface area (Å²) in [4.78, 5) is 12.7. The lowest BCUT2D eigenvalue weighted by Crippen LogP contribution is -2.40. The van der Waals surface area contributed by atoms with Crippen LogP contribution in [0.2, 0.25) is 0 Å². The summed E-state index contributed by atoms with van der Waals surface area (Å²) in [5.41, 5.74) is 0.855. The average molecular weight is 272 g/mol. The molecule has 0 radical (unpaired) electrons. The largest absolute Gasteiger partial charge is 0.369 e. The van der Waals surface area contributed by atoms with Gasteiger partial charge >= 0.3 is 0 Å². The second-order valence-corrected chi connectivity index (χ2v) is 5.44. The molecule has 2 saturated heterocycles. The predicted octanol–water partition coefficient (Wildman–Crippen LogP) is 1.65. The molecule has 6 nitrogen and oxygen atoms in total. The number of nitrogens with zero attached hydrogens (tertiary/aromatic N) is 3. The van der Waals surface area contributed by atoms with Crippen molar-refractivity contribution in [2.75, 3.05) is 24.5 Å². The van der Waals surface area contributed by atoms with Crippen molar-refractivity contribution in [3.05, 3.63) is 33.9 Å². The van der Waals surface area contributed by atoms with Crippen LogP contribution in [-0.2, 0) is 0 Å². The van der Waals surface area contributed by atoms with E-state index >= 15 is 0 Å². The summed E-state index contributed by atoms with van der Waals surface area (Å²) >= 11 is 0. The third kappa shape index (κ3) is 2.21. The predicted molar refractivity (Wildman–Crippen MR) is 74.5 cm³/mol. The fourth-order valence-corrected chi connectivity index (χ4v) is 3.22. The lowest BCUT2D eigenvalue weighted by molar-refractivity contribution is -0.385. The Kier molecular flexibility index (Phi) is 3.28. The highest BCUT2D eigenvalue weighted by molar-refractivity contribution is 5.61. The van der Waals surface area contributed by atoms with E-state index in [0.717, 1.165) is 25.3 Å². The molecule has 2 atom stereocenters. The molecule has 0 saturated carbocycles. The fraction of sp³-hybridized carbons (Fsp3) is 0.500. The van der Waals surface area contributed by atoms with Gasteiger partial charge in [-0.05, 0) is 37.4 Å². The molecule has 1 N–H and O–H groups in total. The molecule has 1 aromatic rings. The van der Waals surface area contributed by atoms with E-state index in [2.05, 4.69) is 10.2 Å². The van der Waals surface area contributed by atoms with E-state index in [-0.39, 0.29) is 11.3 Å². The van der Waals surface area contributed by atoms with Crippen molar-refractivity contribution in [2.24, 2.45) is 5.92 Å². The van der Waals surface area contributed by atoms with Gasteiger partial charge in [-0.1, -0.05) is 0 Å². The Morgan fingerprint density at radius 2 is 2.30 bits per heavy atom. The molecule has 3 rings (SSSR count). The molecule has 2 fully saturated rings. The van der Waals surface area contributed by atoms with Gasteiger partial charge in [0.05, 0.1) is 4.92 Å². The third-order valence-electron chi connectivity index (χ3n) is 4.26. The lowest BCUT2D eigenvalue weighted by atomic mass is 9.94. The third-order valence-corrected chi connectivity index (χ3v) is 4.26. The van der Waals surface area contributed by atoms with E-state index in [1.807, 2.05) is 12.1 Å². The van der Waals surface area contributed by atoms with E-state index < -0.39 is 4.92 Å². The molecule has 20 heavy (non-hydrogen) atoms. The Hall–Kier alpha value is -2.13. The van der Waals surface area contributed by atoms with Gasteiger partial charge in [-0.25, -0.2) is 0 Å². The first-order valence-electron chi connectivity index (χ1n) is 6.86. The molecule has 1 aromatic carbocycles. The Morgan fingerprint density at radius 3 is 3.00 bits per heavy atom. The van der Waals surface area contributed by atoms with Crippen molar-refractivity contribution in [3.63, 3.8) is 0 Å². The number of nitriles is 1. The highest BCUT2D eigenvalue weighted by Crippen LogP contribution is 2.31. The van der Waals surface area contributed by atoms with Crippen LogP contribution in [0.5, 0.6) is 0 Å². The Balaban J connectivity index is 1.86. The van der Waals surface area contributed by atoms with Crippen LogP contribution in [0, 0.1) is 27.4 Å². The Labute approximate surface area is 117 Å². The van der Waals surface area contributed by atoms with Gasteiger partial charge in [-0.15, -0.1) is 0 Å². The summed E-state index contributed by atoms with van der Waals surface area (Å²) in [7, 11) is 0. The van der Waals surface area contributed by atoms with Gasteiger partial charge in [0, 0.05) is 30.9 Å². The van der Waals surface area contributed by atoms with Crippen LogP contribution in [0.15, 0.2) is 18.2 Å². The Morgan fingerprint density at radius 1 is 1.45 bits per heavy atom. The summed E-state index contributed by atoms with van der Waals surface area (Å²) < 4.78 is 0. The van der Waals surface area contributed by atoms with Crippen LogP contribution < -0.4 is 10.2 Å². The fourth-order valence-electron chi connectivity index (χ4n) is 3.22. The number of hydrogen-bond acceptors (Lipinski definition) is 5. The number of rotatable bonds is 2. The summed E-state index contributed by atoms with van der Waals surface area (Å²) in [6.45, 7) is 2.87. The van der Waals surface area contributed by atoms with Gasteiger partial charge < -0.3 is 10.2 Å². The molecular formula is C14H16N4O2. The number of nitro benzene ring substituents is 1. The summed E-state index contributed by atoms with van der Waals surface area (Å²) in [6.07, 6.45) is 2.41. The number of nitro groups is 1. The zero-order valence-corrected chi connectivity index (χ0v) is 11.1. The van der Waals surface area contributed by atoms with Crippen molar-refractivity contribution in [2.45, 2.75) is 18.9 Å². The molecule has 0 amide bonds. The van der Waals surface area contributed by atoms with Crippen molar-refractivity contribution in [3.8, 4) is 6.07 Å². The minimum absolute atomic E-state index is 0.104. The van der Waals surface area contributed by atoms with E-state index in [1.165, 1.54) is 18.9 Å². The standard InChI is InChI=1S/C14H16N4O2/c15-7-10-3-4-12(6-14(10)18(19)20)17-8-11-2-1-5-16-13(11)9-17/h3-4,6,11,13,16H,1-2,5,8-9H2/t11-,13+/m0/s1. The van der Waals surface area contributed by atoms with Crippen LogP contribution in [0.1, 0.15) is 18.4 Å². The molecule has 0 spiro atoms. The highest BCUT2D eigenvalue weighted by Gasteiger charge is 2.34. The number of piperidine rings is 1. The summed E-state index contributed by atoms with van der Waals surface area (Å²) in [5, 5.41) is 23.4. The zero-order valence-electron chi connectivity index (χ0n) is 11.1. The molecule has 0 aliphatic carbocycles. The topological polar surface area (TPSA) is 82.2 Å². The number of nitrogens with one attached hydrogen (secondary N) is 1. The first kappa shape index (κ1) is 12.9. The average Bonchev–Trinajstić information content (AvgIpc) is 2.90. The van der Waals surface area contributed by atoms with E-state index in [1.54, 1.807) is 6.07 Å². The molecule has 2 heterocycles. The van der Waals surface area contributed by atoms with Crippen LogP contribution in [-0.4, -0.2) is 30.6 Å². The minimum atomic E-state index is -0.483. The van der Waals surface area contributed by atoms with Gasteiger partial charge in [-0.3, -0.25) is 10.1 Å². The molecular weight excluding hydrogens is 256 g/mol. The number of anilines is 1.